The van der Waals surface area contributed by atoms with Crippen LogP contribution in [0.5, 0.6) is 0 Å². The van der Waals surface area contributed by atoms with Gasteiger partial charge in [-0.25, -0.2) is 0 Å². The van der Waals surface area contributed by atoms with E-state index in [9.17, 15) is 4.79 Å². The van der Waals surface area contributed by atoms with Crippen molar-refractivity contribution in [2.45, 2.75) is 50.7 Å². The highest BCUT2D eigenvalue weighted by atomic mass is 35.5. The van der Waals surface area contributed by atoms with Crippen molar-refractivity contribution in [1.82, 2.24) is 5.16 Å². The Morgan fingerprint density at radius 2 is 1.79 bits per heavy atom. The van der Waals surface area contributed by atoms with Crippen molar-refractivity contribution in [3.63, 3.8) is 0 Å². The number of carboxylic acid groups (broad SMARTS) is 1. The van der Waals surface area contributed by atoms with E-state index in [0.29, 0.717) is 33.8 Å². The predicted molar refractivity (Wildman–Crippen MR) is 132 cm³/mol. The van der Waals surface area contributed by atoms with Gasteiger partial charge in [-0.15, -0.1) is 0 Å². The predicted octanol–water partition coefficient (Wildman–Crippen LogP) is 6.34. The molecular formula is C26H26Cl2N2O4. The van der Waals surface area contributed by atoms with Crippen molar-refractivity contribution < 1.29 is 19.2 Å². The fraction of sp³-hybridized carbons (Fsp3) is 0.385. The SMILES string of the molecule is O=C(O)Cc1cccc(N2CCC(OCc3c(-c4c(Cl)cccc4Cl)noc3C3CC3)CC2)c1. The molecule has 0 atom stereocenters. The summed E-state index contributed by atoms with van der Waals surface area (Å²) in [7, 11) is 0. The monoisotopic (exact) mass is 500 g/mol. The van der Waals surface area contributed by atoms with Gasteiger partial charge in [0.1, 0.15) is 11.5 Å². The van der Waals surface area contributed by atoms with Crippen molar-refractivity contribution in [2.24, 2.45) is 0 Å². The number of aliphatic carboxylic acids is 1. The van der Waals surface area contributed by atoms with Gasteiger partial charge >= 0.3 is 5.97 Å². The maximum atomic E-state index is 11.0. The molecular weight excluding hydrogens is 475 g/mol. The highest BCUT2D eigenvalue weighted by Gasteiger charge is 2.34. The Bertz CT molecular complexity index is 1160. The Hall–Kier alpha value is -2.54. The van der Waals surface area contributed by atoms with Gasteiger partial charge in [-0.2, -0.15) is 0 Å². The summed E-state index contributed by atoms with van der Waals surface area (Å²) >= 11 is 12.9. The summed E-state index contributed by atoms with van der Waals surface area (Å²) in [6.07, 6.45) is 4.11. The number of hydrogen-bond donors (Lipinski definition) is 1. The molecule has 0 unspecified atom stereocenters. The minimum Gasteiger partial charge on any atom is -0.481 e. The zero-order valence-electron chi connectivity index (χ0n) is 18.7. The Balaban J connectivity index is 1.26. The van der Waals surface area contributed by atoms with Gasteiger partial charge in [0.2, 0.25) is 0 Å². The molecule has 1 aliphatic heterocycles. The summed E-state index contributed by atoms with van der Waals surface area (Å²) in [5.41, 5.74) is 4.18. The van der Waals surface area contributed by atoms with Gasteiger partial charge in [0.05, 0.1) is 29.2 Å². The molecule has 6 nitrogen and oxygen atoms in total. The zero-order valence-corrected chi connectivity index (χ0v) is 20.2. The minimum atomic E-state index is -0.819. The van der Waals surface area contributed by atoms with Gasteiger partial charge in [0, 0.05) is 35.8 Å². The smallest absolute Gasteiger partial charge is 0.307 e. The second-order valence-electron chi connectivity index (χ2n) is 8.98. The Morgan fingerprint density at radius 1 is 1.09 bits per heavy atom. The molecule has 0 bridgehead atoms. The molecule has 0 radical (unpaired) electrons. The lowest BCUT2D eigenvalue weighted by molar-refractivity contribution is -0.136. The average molecular weight is 501 g/mol. The lowest BCUT2D eigenvalue weighted by Crippen LogP contribution is -2.37. The van der Waals surface area contributed by atoms with E-state index < -0.39 is 5.97 Å². The fourth-order valence-corrected chi connectivity index (χ4v) is 5.14. The molecule has 1 saturated heterocycles. The number of anilines is 1. The minimum absolute atomic E-state index is 0.0350. The van der Waals surface area contributed by atoms with Crippen molar-refractivity contribution in [3.05, 3.63) is 69.4 Å². The summed E-state index contributed by atoms with van der Waals surface area (Å²) in [5.74, 6) is 0.459. The quantitative estimate of drug-likeness (QED) is 0.388. The van der Waals surface area contributed by atoms with Crippen LogP contribution in [-0.2, 0) is 22.6 Å². The molecule has 2 heterocycles. The van der Waals surface area contributed by atoms with Crippen molar-refractivity contribution >= 4 is 34.9 Å². The summed E-state index contributed by atoms with van der Waals surface area (Å²) in [6.45, 7) is 2.11. The van der Waals surface area contributed by atoms with E-state index in [0.717, 1.165) is 61.3 Å². The Kier molecular flexibility index (Phi) is 6.82. The van der Waals surface area contributed by atoms with Crippen LogP contribution in [0.15, 0.2) is 47.0 Å². The molecule has 1 N–H and O–H groups in total. The first-order chi connectivity index (χ1) is 16.5. The summed E-state index contributed by atoms with van der Waals surface area (Å²) in [4.78, 5) is 13.3. The van der Waals surface area contributed by atoms with E-state index >= 15 is 0 Å². The van der Waals surface area contributed by atoms with Gasteiger partial charge in [-0.1, -0.05) is 46.6 Å². The average Bonchev–Trinajstić information content (AvgIpc) is 3.58. The van der Waals surface area contributed by atoms with Crippen LogP contribution >= 0.6 is 23.2 Å². The summed E-state index contributed by atoms with van der Waals surface area (Å²) < 4.78 is 12.1. The molecule has 178 valence electrons. The third-order valence-electron chi connectivity index (χ3n) is 6.50. The maximum absolute atomic E-state index is 11.0. The molecule has 0 spiro atoms. The Morgan fingerprint density at radius 3 is 2.47 bits per heavy atom. The number of aromatic nitrogens is 1. The van der Waals surface area contributed by atoms with Crippen LogP contribution in [0.3, 0.4) is 0 Å². The molecule has 1 aromatic heterocycles. The highest BCUT2D eigenvalue weighted by Crippen LogP contribution is 2.46. The third-order valence-corrected chi connectivity index (χ3v) is 7.13. The van der Waals surface area contributed by atoms with E-state index in [4.69, 9.17) is 37.6 Å². The van der Waals surface area contributed by atoms with Crippen molar-refractivity contribution in [2.75, 3.05) is 18.0 Å². The van der Waals surface area contributed by atoms with Crippen molar-refractivity contribution in [3.8, 4) is 11.3 Å². The van der Waals surface area contributed by atoms with Gasteiger partial charge in [0.15, 0.2) is 0 Å². The molecule has 34 heavy (non-hydrogen) atoms. The van der Waals surface area contributed by atoms with E-state index in [2.05, 4.69) is 10.1 Å². The standard InChI is InChI=1S/C26H26Cl2N2O4/c27-21-5-2-6-22(28)24(21)25-20(26(34-29-25)17-7-8-17)15-33-19-9-11-30(12-10-19)18-4-1-3-16(13-18)14-23(31)32/h1-6,13,17,19H,7-12,14-15H2,(H,31,32). The number of piperidine rings is 1. The molecule has 2 fully saturated rings. The number of hydrogen-bond acceptors (Lipinski definition) is 5. The van der Waals surface area contributed by atoms with Crippen LogP contribution in [-0.4, -0.2) is 35.4 Å². The lowest BCUT2D eigenvalue weighted by Gasteiger charge is -2.33. The van der Waals surface area contributed by atoms with E-state index in [1.165, 1.54) is 0 Å². The van der Waals surface area contributed by atoms with Gasteiger partial charge < -0.3 is 19.3 Å². The van der Waals surface area contributed by atoms with E-state index in [1.54, 1.807) is 12.1 Å². The van der Waals surface area contributed by atoms with Crippen LogP contribution < -0.4 is 4.90 Å². The van der Waals surface area contributed by atoms with Crippen LogP contribution in [0.25, 0.3) is 11.3 Å². The molecule has 0 amide bonds. The fourth-order valence-electron chi connectivity index (χ4n) is 4.57. The van der Waals surface area contributed by atoms with Crippen LogP contribution in [0, 0.1) is 0 Å². The number of carbonyl (C=O) groups is 1. The van der Waals surface area contributed by atoms with Gasteiger partial charge in [-0.3, -0.25) is 4.79 Å². The molecule has 2 aromatic carbocycles. The first kappa shape index (κ1) is 23.2. The summed E-state index contributed by atoms with van der Waals surface area (Å²) in [5, 5.41) is 14.5. The molecule has 8 heteroatoms. The zero-order chi connectivity index (χ0) is 23.7. The number of rotatable bonds is 8. The number of benzene rings is 2. The maximum Gasteiger partial charge on any atom is 0.307 e. The number of ether oxygens (including phenoxy) is 1. The second-order valence-corrected chi connectivity index (χ2v) is 9.80. The summed E-state index contributed by atoms with van der Waals surface area (Å²) in [6, 6.07) is 13.2. The largest absolute Gasteiger partial charge is 0.481 e. The second kappa shape index (κ2) is 9.98. The number of nitrogens with zero attached hydrogens (tertiary/aromatic N) is 2. The molecule has 5 rings (SSSR count). The third kappa shape index (κ3) is 5.09. The van der Waals surface area contributed by atoms with Gasteiger partial charge in [-0.05, 0) is 55.5 Å². The van der Waals surface area contributed by atoms with Crippen LogP contribution in [0.2, 0.25) is 10.0 Å². The van der Waals surface area contributed by atoms with E-state index in [1.807, 2.05) is 30.3 Å². The number of halogens is 2. The Labute approximate surface area is 208 Å². The normalized spacial score (nSPS) is 16.7. The molecule has 1 saturated carbocycles. The van der Waals surface area contributed by atoms with Crippen LogP contribution in [0.4, 0.5) is 5.69 Å². The topological polar surface area (TPSA) is 75.8 Å². The molecule has 3 aromatic rings. The lowest BCUT2D eigenvalue weighted by atomic mass is 10.0. The van der Waals surface area contributed by atoms with Crippen molar-refractivity contribution in [1.29, 1.82) is 0 Å². The first-order valence-corrected chi connectivity index (χ1v) is 12.4. The molecule has 2 aliphatic rings. The first-order valence-electron chi connectivity index (χ1n) is 11.6. The number of carboxylic acids is 1. The van der Waals surface area contributed by atoms with E-state index in [-0.39, 0.29) is 12.5 Å². The van der Waals surface area contributed by atoms with Gasteiger partial charge in [0.25, 0.3) is 0 Å². The van der Waals surface area contributed by atoms with Crippen LogP contribution in [0.1, 0.15) is 48.5 Å². The molecule has 1 aliphatic carbocycles. The highest BCUT2D eigenvalue weighted by molar-refractivity contribution is 6.39.